The Morgan fingerprint density at radius 3 is 2.75 bits per heavy atom. The van der Waals surface area contributed by atoms with Crippen molar-refractivity contribution in [2.24, 2.45) is 0 Å². The molecule has 8 nitrogen and oxygen atoms in total. The summed E-state index contributed by atoms with van der Waals surface area (Å²) < 4.78 is 8.02. The Morgan fingerprint density at radius 2 is 2.07 bits per heavy atom. The van der Waals surface area contributed by atoms with Crippen molar-refractivity contribution < 1.29 is 9.53 Å². The lowest BCUT2D eigenvalue weighted by Crippen LogP contribution is -2.49. The Labute approximate surface area is 165 Å². The first kappa shape index (κ1) is 19.0. The lowest BCUT2D eigenvalue weighted by Gasteiger charge is -2.44. The first-order valence-electron chi connectivity index (χ1n) is 10.1. The quantitative estimate of drug-likeness (QED) is 0.803. The van der Waals surface area contributed by atoms with E-state index in [1.54, 1.807) is 11.0 Å². The molecular weight excluding hydrogens is 356 g/mol. The van der Waals surface area contributed by atoms with Gasteiger partial charge in [0.15, 0.2) is 0 Å². The first-order valence-corrected chi connectivity index (χ1v) is 10.1. The average molecular weight is 384 g/mol. The van der Waals surface area contributed by atoms with Gasteiger partial charge in [-0.05, 0) is 31.7 Å². The molecule has 0 aromatic carbocycles. The molecule has 2 aromatic rings. The molecule has 4 rings (SSSR count). The monoisotopic (exact) mass is 384 g/mol. The molecule has 2 aromatic heterocycles. The molecule has 0 aliphatic carbocycles. The Bertz CT molecular complexity index is 827. The minimum Gasteiger partial charge on any atom is -0.368 e. The first-order chi connectivity index (χ1) is 13.5. The molecule has 150 valence electrons. The third-order valence-electron chi connectivity index (χ3n) is 5.86. The predicted molar refractivity (Wildman–Crippen MR) is 103 cm³/mol. The summed E-state index contributed by atoms with van der Waals surface area (Å²) in [7, 11) is 0. The summed E-state index contributed by atoms with van der Waals surface area (Å²) in [6, 6.07) is -0.00103. The largest absolute Gasteiger partial charge is 0.368 e. The zero-order chi connectivity index (χ0) is 19.7. The average Bonchev–Trinajstić information content (AvgIpc) is 3.23. The van der Waals surface area contributed by atoms with E-state index in [1.807, 2.05) is 18.0 Å². The van der Waals surface area contributed by atoms with Gasteiger partial charge in [-0.2, -0.15) is 5.10 Å². The second-order valence-corrected chi connectivity index (χ2v) is 8.16. The maximum atomic E-state index is 12.8. The molecule has 28 heavy (non-hydrogen) atoms. The summed E-state index contributed by atoms with van der Waals surface area (Å²) in [4.78, 5) is 28.1. The van der Waals surface area contributed by atoms with E-state index >= 15 is 0 Å². The summed E-state index contributed by atoms with van der Waals surface area (Å²) in [6.07, 6.45) is 7.95. The number of carbonyl (C=O) groups excluding carboxylic acids is 1. The van der Waals surface area contributed by atoms with Crippen LogP contribution in [0.3, 0.4) is 0 Å². The Balaban J connectivity index is 1.45. The number of nitrogens with zero attached hydrogens (tertiary/aromatic N) is 6. The summed E-state index contributed by atoms with van der Waals surface area (Å²) in [6.45, 7) is 8.26. The molecule has 1 atom stereocenters. The van der Waals surface area contributed by atoms with Crippen molar-refractivity contribution in [2.75, 3.05) is 19.7 Å². The van der Waals surface area contributed by atoms with E-state index in [4.69, 9.17) is 9.72 Å². The summed E-state index contributed by atoms with van der Waals surface area (Å²) in [5.74, 6) is 1.30. The molecule has 0 bridgehead atoms. The lowest BCUT2D eigenvalue weighted by atomic mass is 9.83. The van der Waals surface area contributed by atoms with Crippen LogP contribution < -0.4 is 0 Å². The van der Waals surface area contributed by atoms with Gasteiger partial charge in [-0.15, -0.1) is 0 Å². The van der Waals surface area contributed by atoms with E-state index in [0.29, 0.717) is 26.1 Å². The lowest BCUT2D eigenvalue weighted by molar-refractivity contribution is -0.142. The van der Waals surface area contributed by atoms with Crippen molar-refractivity contribution >= 4 is 5.91 Å². The van der Waals surface area contributed by atoms with Gasteiger partial charge in [0.2, 0.25) is 5.91 Å². The molecule has 1 saturated heterocycles. The van der Waals surface area contributed by atoms with Crippen LogP contribution in [0.1, 0.15) is 69.1 Å². The van der Waals surface area contributed by atoms with Crippen LogP contribution >= 0.6 is 0 Å². The molecular formula is C20H28N6O2. The van der Waals surface area contributed by atoms with E-state index in [-0.39, 0.29) is 23.5 Å². The van der Waals surface area contributed by atoms with Gasteiger partial charge >= 0.3 is 0 Å². The minimum absolute atomic E-state index is 0.00103. The Morgan fingerprint density at radius 1 is 1.29 bits per heavy atom. The minimum atomic E-state index is -0.380. The molecule has 0 radical (unpaired) electrons. The van der Waals surface area contributed by atoms with E-state index in [2.05, 4.69) is 28.9 Å². The zero-order valence-corrected chi connectivity index (χ0v) is 16.8. The van der Waals surface area contributed by atoms with Crippen LogP contribution in [0.4, 0.5) is 0 Å². The van der Waals surface area contributed by atoms with Gasteiger partial charge in [0, 0.05) is 31.6 Å². The van der Waals surface area contributed by atoms with Gasteiger partial charge in [-0.3, -0.25) is 4.79 Å². The molecule has 0 saturated carbocycles. The topological polar surface area (TPSA) is 86.0 Å². The zero-order valence-electron chi connectivity index (χ0n) is 16.8. The van der Waals surface area contributed by atoms with Gasteiger partial charge in [-0.25, -0.2) is 19.6 Å². The molecule has 1 fully saturated rings. The Hall–Kier alpha value is -2.35. The van der Waals surface area contributed by atoms with Crippen LogP contribution in [0, 0.1) is 0 Å². The molecule has 4 heterocycles. The fourth-order valence-corrected chi connectivity index (χ4v) is 4.12. The maximum absolute atomic E-state index is 12.8. The molecule has 1 unspecified atom stereocenters. The van der Waals surface area contributed by atoms with Gasteiger partial charge < -0.3 is 9.64 Å². The third kappa shape index (κ3) is 3.53. The van der Waals surface area contributed by atoms with Crippen LogP contribution in [0.25, 0.3) is 0 Å². The number of piperidine rings is 1. The van der Waals surface area contributed by atoms with Crippen LogP contribution in [-0.4, -0.2) is 55.2 Å². The van der Waals surface area contributed by atoms with Crippen molar-refractivity contribution in [1.82, 2.24) is 29.6 Å². The highest BCUT2D eigenvalue weighted by molar-refractivity contribution is 5.76. The second kappa shape index (κ2) is 7.58. The van der Waals surface area contributed by atoms with Crippen LogP contribution in [0.5, 0.6) is 0 Å². The van der Waals surface area contributed by atoms with E-state index in [0.717, 1.165) is 30.8 Å². The van der Waals surface area contributed by atoms with Crippen molar-refractivity contribution in [3.63, 3.8) is 0 Å². The molecule has 8 heteroatoms. The third-order valence-corrected chi connectivity index (χ3v) is 5.86. The summed E-state index contributed by atoms with van der Waals surface area (Å²) in [5.41, 5.74) is 1.85. The van der Waals surface area contributed by atoms with Crippen molar-refractivity contribution in [3.05, 3.63) is 35.9 Å². The van der Waals surface area contributed by atoms with Crippen molar-refractivity contribution in [1.29, 1.82) is 0 Å². The number of rotatable bonds is 4. The van der Waals surface area contributed by atoms with Crippen LogP contribution in [0.15, 0.2) is 18.9 Å². The Kier molecular flexibility index (Phi) is 5.14. The van der Waals surface area contributed by atoms with E-state index in [9.17, 15) is 4.79 Å². The van der Waals surface area contributed by atoms with Gasteiger partial charge in [-0.1, -0.05) is 13.8 Å². The van der Waals surface area contributed by atoms with E-state index in [1.165, 1.54) is 11.9 Å². The number of aromatic nitrogens is 5. The number of likely N-dealkylation sites (tertiary alicyclic amines) is 1. The highest BCUT2D eigenvalue weighted by atomic mass is 16.5. The molecule has 2 aliphatic heterocycles. The van der Waals surface area contributed by atoms with Gasteiger partial charge in [0.25, 0.3) is 0 Å². The molecule has 1 spiro atoms. The van der Waals surface area contributed by atoms with Crippen LogP contribution in [0.2, 0.25) is 0 Å². The SMILES string of the molecule is CC(C)c1ncc2c(n1)C1(CCN(C(=O)CC(C)n3cncn3)CC1)OCC2. The predicted octanol–water partition coefficient (Wildman–Crippen LogP) is 2.23. The summed E-state index contributed by atoms with van der Waals surface area (Å²) in [5, 5.41) is 4.13. The smallest absolute Gasteiger partial charge is 0.224 e. The fraction of sp³-hybridized carbons (Fsp3) is 0.650. The molecule has 2 aliphatic rings. The highest BCUT2D eigenvalue weighted by Crippen LogP contribution is 2.40. The van der Waals surface area contributed by atoms with Crippen LogP contribution in [-0.2, 0) is 21.6 Å². The van der Waals surface area contributed by atoms with Gasteiger partial charge in [0.1, 0.15) is 24.1 Å². The highest BCUT2D eigenvalue weighted by Gasteiger charge is 2.43. The standard InChI is InChI=1S/C20H28N6O2/c1-14(2)19-22-11-16-4-9-28-20(18(16)24-19)5-7-25(8-6-20)17(27)10-15(3)26-13-21-12-23-26/h11-15H,4-10H2,1-3H3. The van der Waals surface area contributed by atoms with Gasteiger partial charge in [0.05, 0.1) is 18.3 Å². The van der Waals surface area contributed by atoms with E-state index < -0.39 is 0 Å². The number of hydrogen-bond acceptors (Lipinski definition) is 6. The van der Waals surface area contributed by atoms with Crippen molar-refractivity contribution in [2.45, 2.75) is 64.0 Å². The van der Waals surface area contributed by atoms with Crippen molar-refractivity contribution in [3.8, 4) is 0 Å². The number of amides is 1. The maximum Gasteiger partial charge on any atom is 0.224 e. The molecule has 0 N–H and O–H groups in total. The number of fused-ring (bicyclic) bond motifs is 2. The summed E-state index contributed by atoms with van der Waals surface area (Å²) >= 11 is 0. The molecule has 1 amide bonds. The fourth-order valence-electron chi connectivity index (χ4n) is 4.12. The normalized spacial score (nSPS) is 19.6. The number of ether oxygens (including phenoxy) is 1. The number of hydrogen-bond donors (Lipinski definition) is 0. The number of carbonyl (C=O) groups is 1. The second-order valence-electron chi connectivity index (χ2n) is 8.16.